The van der Waals surface area contributed by atoms with Crippen molar-refractivity contribution in [1.82, 2.24) is 14.6 Å². The Hall–Kier alpha value is -2.48. The highest BCUT2D eigenvalue weighted by Gasteiger charge is 2.23. The van der Waals surface area contributed by atoms with E-state index < -0.39 is 0 Å². The van der Waals surface area contributed by atoms with Crippen molar-refractivity contribution in [3.63, 3.8) is 0 Å². The molecule has 0 bridgehead atoms. The van der Waals surface area contributed by atoms with E-state index in [4.69, 9.17) is 4.74 Å². The molecule has 1 aliphatic rings. The second kappa shape index (κ2) is 6.44. The number of ether oxygens (including phenoxy) is 1. The van der Waals surface area contributed by atoms with Crippen LogP contribution in [-0.4, -0.2) is 21.2 Å². The zero-order valence-electron chi connectivity index (χ0n) is 13.7. The van der Waals surface area contributed by atoms with Crippen molar-refractivity contribution in [2.75, 3.05) is 11.9 Å². The molecular weight excluding hydrogens is 343 g/mol. The van der Waals surface area contributed by atoms with Crippen LogP contribution in [0.5, 0.6) is 5.75 Å². The van der Waals surface area contributed by atoms with Crippen LogP contribution >= 0.6 is 11.3 Å². The molecule has 1 unspecified atom stereocenters. The number of aryl methyl sites for hydroxylation is 1. The molecule has 2 aromatic heterocycles. The largest absolute Gasteiger partial charge is 0.493 e. The number of hydrogen-bond donors (Lipinski definition) is 1. The van der Waals surface area contributed by atoms with Gasteiger partial charge in [-0.2, -0.15) is 4.52 Å². The van der Waals surface area contributed by atoms with Gasteiger partial charge in [0.1, 0.15) is 11.6 Å². The summed E-state index contributed by atoms with van der Waals surface area (Å²) >= 11 is 1.32. The standard InChI is InChI=1S/C17H17FN4O2S/c1-2-3-11-9-15(23)22-17(19-11)25-16(21-22)20-13-6-7-24-14-5-4-10(18)8-12(13)14/h4-5,8-9,13H,2-3,6-7H2,1H3,(H,20,21). The van der Waals surface area contributed by atoms with E-state index in [9.17, 15) is 9.18 Å². The van der Waals surface area contributed by atoms with Gasteiger partial charge in [-0.15, -0.1) is 5.10 Å². The molecule has 3 aromatic rings. The molecule has 0 spiro atoms. The number of aromatic nitrogens is 3. The lowest BCUT2D eigenvalue weighted by molar-refractivity contribution is 0.273. The summed E-state index contributed by atoms with van der Waals surface area (Å²) in [6.07, 6.45) is 2.38. The summed E-state index contributed by atoms with van der Waals surface area (Å²) in [5.41, 5.74) is 1.36. The molecule has 0 aliphatic carbocycles. The lowest BCUT2D eigenvalue weighted by Gasteiger charge is -2.26. The SMILES string of the molecule is CCCc1cc(=O)n2nc(NC3CCOc4ccc(F)cc43)sc2n1. The summed E-state index contributed by atoms with van der Waals surface area (Å²) in [5.74, 6) is 0.370. The minimum Gasteiger partial charge on any atom is -0.493 e. The fraction of sp³-hybridized carbons (Fsp3) is 0.353. The van der Waals surface area contributed by atoms with Gasteiger partial charge >= 0.3 is 0 Å². The lowest BCUT2D eigenvalue weighted by atomic mass is 10.0. The molecule has 1 aromatic carbocycles. The quantitative estimate of drug-likeness (QED) is 0.774. The number of benzene rings is 1. The molecule has 1 aliphatic heterocycles. The van der Waals surface area contributed by atoms with Gasteiger partial charge in [-0.05, 0) is 24.6 Å². The van der Waals surface area contributed by atoms with E-state index >= 15 is 0 Å². The van der Waals surface area contributed by atoms with Crippen molar-refractivity contribution in [1.29, 1.82) is 0 Å². The van der Waals surface area contributed by atoms with Crippen molar-refractivity contribution in [2.45, 2.75) is 32.2 Å². The number of hydrogen-bond acceptors (Lipinski definition) is 6. The van der Waals surface area contributed by atoms with Gasteiger partial charge < -0.3 is 10.1 Å². The van der Waals surface area contributed by atoms with E-state index in [0.29, 0.717) is 28.9 Å². The van der Waals surface area contributed by atoms with E-state index in [1.54, 1.807) is 6.07 Å². The Labute approximate surface area is 147 Å². The maximum atomic E-state index is 13.6. The predicted molar refractivity (Wildman–Crippen MR) is 94.0 cm³/mol. The van der Waals surface area contributed by atoms with Crippen molar-refractivity contribution in [2.24, 2.45) is 0 Å². The number of rotatable bonds is 4. The van der Waals surface area contributed by atoms with Gasteiger partial charge in [-0.25, -0.2) is 9.37 Å². The van der Waals surface area contributed by atoms with E-state index in [2.05, 4.69) is 15.4 Å². The summed E-state index contributed by atoms with van der Waals surface area (Å²) in [6, 6.07) is 5.91. The molecule has 130 valence electrons. The summed E-state index contributed by atoms with van der Waals surface area (Å²) in [5, 5.41) is 8.19. The summed E-state index contributed by atoms with van der Waals surface area (Å²) in [7, 11) is 0. The highest BCUT2D eigenvalue weighted by atomic mass is 32.1. The van der Waals surface area contributed by atoms with Crippen LogP contribution in [0.3, 0.4) is 0 Å². The Kier molecular flexibility index (Phi) is 4.12. The first kappa shape index (κ1) is 16.0. The third-order valence-electron chi connectivity index (χ3n) is 4.11. The number of anilines is 1. The summed E-state index contributed by atoms with van der Waals surface area (Å²) < 4.78 is 20.5. The van der Waals surface area contributed by atoms with Crippen LogP contribution in [0.15, 0.2) is 29.1 Å². The molecule has 3 heterocycles. The Balaban J connectivity index is 1.67. The fourth-order valence-electron chi connectivity index (χ4n) is 2.96. The minimum atomic E-state index is -0.303. The van der Waals surface area contributed by atoms with Crippen LogP contribution in [0.25, 0.3) is 4.96 Å². The number of nitrogens with zero attached hydrogens (tertiary/aromatic N) is 3. The third-order valence-corrected chi connectivity index (χ3v) is 4.95. The zero-order valence-corrected chi connectivity index (χ0v) is 14.5. The van der Waals surface area contributed by atoms with E-state index in [1.807, 2.05) is 6.92 Å². The van der Waals surface area contributed by atoms with E-state index in [1.165, 1.54) is 34.1 Å². The summed E-state index contributed by atoms with van der Waals surface area (Å²) in [6.45, 7) is 2.59. The molecule has 0 fully saturated rings. The smallest absolute Gasteiger partial charge is 0.275 e. The monoisotopic (exact) mass is 360 g/mol. The van der Waals surface area contributed by atoms with Gasteiger partial charge in [0.15, 0.2) is 0 Å². The fourth-order valence-corrected chi connectivity index (χ4v) is 3.84. The molecule has 8 heteroatoms. The Morgan fingerprint density at radius 1 is 1.44 bits per heavy atom. The molecule has 6 nitrogen and oxygen atoms in total. The highest BCUT2D eigenvalue weighted by molar-refractivity contribution is 7.20. The average Bonchev–Trinajstić information content (AvgIpc) is 2.99. The van der Waals surface area contributed by atoms with Crippen molar-refractivity contribution >= 4 is 21.4 Å². The van der Waals surface area contributed by atoms with E-state index in [0.717, 1.165) is 24.1 Å². The molecule has 0 saturated carbocycles. The normalized spacial score (nSPS) is 16.5. The van der Waals surface area contributed by atoms with Gasteiger partial charge in [-0.3, -0.25) is 4.79 Å². The van der Waals surface area contributed by atoms with Gasteiger partial charge in [0, 0.05) is 23.7 Å². The van der Waals surface area contributed by atoms with Crippen LogP contribution in [0.2, 0.25) is 0 Å². The van der Waals surface area contributed by atoms with Crippen molar-refractivity contribution < 1.29 is 9.13 Å². The van der Waals surface area contributed by atoms with Gasteiger partial charge in [0.25, 0.3) is 5.56 Å². The Morgan fingerprint density at radius 3 is 3.16 bits per heavy atom. The second-order valence-electron chi connectivity index (χ2n) is 5.95. The Morgan fingerprint density at radius 2 is 2.32 bits per heavy atom. The minimum absolute atomic E-state index is 0.120. The third kappa shape index (κ3) is 3.09. The first-order valence-electron chi connectivity index (χ1n) is 8.22. The van der Waals surface area contributed by atoms with Crippen LogP contribution in [0.4, 0.5) is 9.52 Å². The number of halogens is 1. The average molecular weight is 360 g/mol. The molecule has 0 radical (unpaired) electrons. The number of nitrogens with one attached hydrogen (secondary N) is 1. The molecule has 4 rings (SSSR count). The summed E-state index contributed by atoms with van der Waals surface area (Å²) in [4.78, 5) is 17.2. The zero-order chi connectivity index (χ0) is 17.4. The lowest BCUT2D eigenvalue weighted by Crippen LogP contribution is -2.21. The second-order valence-corrected chi connectivity index (χ2v) is 6.91. The van der Waals surface area contributed by atoms with Crippen molar-refractivity contribution in [3.05, 3.63) is 51.7 Å². The molecule has 1 N–H and O–H groups in total. The topological polar surface area (TPSA) is 68.5 Å². The van der Waals surface area contributed by atoms with Crippen LogP contribution in [-0.2, 0) is 6.42 Å². The molecule has 1 atom stereocenters. The predicted octanol–water partition coefficient (Wildman–Crippen LogP) is 3.18. The maximum Gasteiger partial charge on any atom is 0.275 e. The molecular formula is C17H17FN4O2S. The molecule has 0 saturated heterocycles. The van der Waals surface area contributed by atoms with Crippen LogP contribution < -0.4 is 15.6 Å². The highest BCUT2D eigenvalue weighted by Crippen LogP contribution is 2.35. The van der Waals surface area contributed by atoms with Gasteiger partial charge in [0.2, 0.25) is 10.1 Å². The van der Waals surface area contributed by atoms with E-state index in [-0.39, 0.29) is 17.4 Å². The molecule has 0 amide bonds. The first-order chi connectivity index (χ1) is 12.1. The first-order valence-corrected chi connectivity index (χ1v) is 9.04. The van der Waals surface area contributed by atoms with Crippen molar-refractivity contribution in [3.8, 4) is 5.75 Å². The number of fused-ring (bicyclic) bond motifs is 2. The van der Waals surface area contributed by atoms with Crippen LogP contribution in [0.1, 0.15) is 37.1 Å². The van der Waals surface area contributed by atoms with Crippen LogP contribution in [0, 0.1) is 5.82 Å². The van der Waals surface area contributed by atoms with Gasteiger partial charge in [-0.1, -0.05) is 24.7 Å². The molecule has 25 heavy (non-hydrogen) atoms. The van der Waals surface area contributed by atoms with Gasteiger partial charge in [0.05, 0.1) is 12.6 Å². The Bertz CT molecular complexity index is 984. The maximum absolute atomic E-state index is 13.6.